The Bertz CT molecular complexity index is 329. The largest absolute Gasteiger partial charge is 0.0885 e. The van der Waals surface area contributed by atoms with Crippen molar-refractivity contribution >= 4 is 0 Å². The topological polar surface area (TPSA) is 0 Å². The first-order valence-corrected chi connectivity index (χ1v) is 10.0. The maximum absolute atomic E-state index is 2.47. The van der Waals surface area contributed by atoms with E-state index in [1.54, 1.807) is 25.7 Å². The van der Waals surface area contributed by atoms with Crippen LogP contribution in [0.15, 0.2) is 12.2 Å². The van der Waals surface area contributed by atoms with Gasteiger partial charge in [-0.3, -0.25) is 0 Å². The normalized spacial score (nSPS) is 41.1. The predicted molar refractivity (Wildman–Crippen MR) is 92.3 cm³/mol. The molecule has 3 rings (SSSR count). The molecule has 5 unspecified atom stereocenters. The van der Waals surface area contributed by atoms with Crippen LogP contribution in [0.3, 0.4) is 0 Å². The highest BCUT2D eigenvalue weighted by Gasteiger charge is 2.38. The van der Waals surface area contributed by atoms with Crippen molar-refractivity contribution in [2.24, 2.45) is 29.6 Å². The number of hydrogen-bond acceptors (Lipinski definition) is 0. The molecule has 0 aromatic heterocycles. The highest BCUT2D eigenvalue weighted by atomic mass is 14.4. The molecule has 120 valence electrons. The lowest BCUT2D eigenvalue weighted by atomic mass is 9.72. The second-order valence-corrected chi connectivity index (χ2v) is 8.23. The molecular formula is C21H36. The fourth-order valence-electron chi connectivity index (χ4n) is 5.93. The lowest BCUT2D eigenvalue weighted by Gasteiger charge is -2.33. The van der Waals surface area contributed by atoms with E-state index in [0.29, 0.717) is 0 Å². The molecule has 0 radical (unpaired) electrons. The van der Waals surface area contributed by atoms with E-state index >= 15 is 0 Å². The van der Waals surface area contributed by atoms with Gasteiger partial charge in [-0.25, -0.2) is 0 Å². The molecule has 0 spiro atoms. The van der Waals surface area contributed by atoms with Gasteiger partial charge >= 0.3 is 0 Å². The number of fused-ring (bicyclic) bond motifs is 2. The van der Waals surface area contributed by atoms with E-state index < -0.39 is 0 Å². The lowest BCUT2D eigenvalue weighted by Crippen LogP contribution is -2.23. The maximum Gasteiger partial charge on any atom is -0.0348 e. The Morgan fingerprint density at radius 1 is 0.762 bits per heavy atom. The molecule has 3 aliphatic rings. The molecule has 21 heavy (non-hydrogen) atoms. The second-order valence-electron chi connectivity index (χ2n) is 8.23. The van der Waals surface area contributed by atoms with E-state index in [1.807, 2.05) is 0 Å². The monoisotopic (exact) mass is 288 g/mol. The van der Waals surface area contributed by atoms with Crippen molar-refractivity contribution in [1.29, 1.82) is 0 Å². The Morgan fingerprint density at radius 2 is 1.48 bits per heavy atom. The second kappa shape index (κ2) is 7.84. The zero-order chi connectivity index (χ0) is 14.5. The molecule has 0 heterocycles. The first-order chi connectivity index (χ1) is 10.4. The van der Waals surface area contributed by atoms with Crippen LogP contribution in [0.4, 0.5) is 0 Å². The van der Waals surface area contributed by atoms with Crippen LogP contribution < -0.4 is 0 Å². The quantitative estimate of drug-likeness (QED) is 0.493. The van der Waals surface area contributed by atoms with Crippen LogP contribution in [-0.2, 0) is 0 Å². The lowest BCUT2D eigenvalue weighted by molar-refractivity contribution is 0.184. The summed E-state index contributed by atoms with van der Waals surface area (Å²) in [5, 5.41) is 0. The molecule has 5 atom stereocenters. The van der Waals surface area contributed by atoms with Crippen LogP contribution in [0, 0.1) is 29.6 Å². The first kappa shape index (κ1) is 15.6. The van der Waals surface area contributed by atoms with Crippen LogP contribution >= 0.6 is 0 Å². The molecule has 0 N–H and O–H groups in total. The maximum atomic E-state index is 2.47. The molecule has 0 bridgehead atoms. The SMILES string of the molecule is CCCC1CC2CCCCCC2CC2CCC=CCCC12. The average molecular weight is 289 g/mol. The van der Waals surface area contributed by atoms with Gasteiger partial charge in [0.15, 0.2) is 0 Å². The van der Waals surface area contributed by atoms with Crippen LogP contribution in [-0.4, -0.2) is 0 Å². The summed E-state index contributed by atoms with van der Waals surface area (Å²) in [7, 11) is 0. The van der Waals surface area contributed by atoms with Crippen LogP contribution in [0.5, 0.6) is 0 Å². The summed E-state index contributed by atoms with van der Waals surface area (Å²) in [4.78, 5) is 0. The summed E-state index contributed by atoms with van der Waals surface area (Å²) in [6, 6.07) is 0. The van der Waals surface area contributed by atoms with E-state index in [0.717, 1.165) is 29.6 Å². The zero-order valence-corrected chi connectivity index (χ0v) is 14.2. The smallest absolute Gasteiger partial charge is 0.0348 e. The highest BCUT2D eigenvalue weighted by molar-refractivity contribution is 4.94. The summed E-state index contributed by atoms with van der Waals surface area (Å²) < 4.78 is 0. The summed E-state index contributed by atoms with van der Waals surface area (Å²) in [6.45, 7) is 2.41. The number of allylic oxidation sites excluding steroid dienone is 2. The summed E-state index contributed by atoms with van der Waals surface area (Å²) in [6.07, 6.45) is 24.4. The van der Waals surface area contributed by atoms with Gasteiger partial charge in [0.05, 0.1) is 0 Å². The van der Waals surface area contributed by atoms with Gasteiger partial charge in [0.25, 0.3) is 0 Å². The molecule has 3 aliphatic carbocycles. The minimum absolute atomic E-state index is 1.06. The van der Waals surface area contributed by atoms with Crippen molar-refractivity contribution in [2.45, 2.75) is 90.4 Å². The van der Waals surface area contributed by atoms with Crippen molar-refractivity contribution in [1.82, 2.24) is 0 Å². The Morgan fingerprint density at radius 3 is 2.24 bits per heavy atom. The Hall–Kier alpha value is -0.260. The van der Waals surface area contributed by atoms with Crippen molar-refractivity contribution in [3.63, 3.8) is 0 Å². The minimum Gasteiger partial charge on any atom is -0.0885 e. The third kappa shape index (κ3) is 3.93. The first-order valence-electron chi connectivity index (χ1n) is 10.0. The molecule has 0 aliphatic heterocycles. The Labute approximate surface area is 132 Å². The fraction of sp³-hybridized carbons (Fsp3) is 0.905. The van der Waals surface area contributed by atoms with Crippen LogP contribution in [0.1, 0.15) is 90.4 Å². The molecule has 0 aromatic rings. The summed E-state index contributed by atoms with van der Waals surface area (Å²) >= 11 is 0. The third-order valence-corrected chi connectivity index (χ3v) is 6.94. The van der Waals surface area contributed by atoms with Gasteiger partial charge in [-0.15, -0.1) is 0 Å². The van der Waals surface area contributed by atoms with E-state index in [-0.39, 0.29) is 0 Å². The van der Waals surface area contributed by atoms with E-state index in [1.165, 1.54) is 57.8 Å². The molecule has 0 saturated heterocycles. The standard InChI is InChI=1S/C21H36/c1-2-10-19-15-17-11-7-5-8-12-18(17)16-20-13-6-3-4-9-14-21(19)20/h3-4,17-21H,2,5-16H2,1H3. The summed E-state index contributed by atoms with van der Waals surface area (Å²) in [5.41, 5.74) is 0. The molecule has 0 nitrogen and oxygen atoms in total. The van der Waals surface area contributed by atoms with Gasteiger partial charge in [-0.05, 0) is 68.1 Å². The highest BCUT2D eigenvalue weighted by Crippen LogP contribution is 2.49. The molecule has 2 saturated carbocycles. The van der Waals surface area contributed by atoms with Gasteiger partial charge < -0.3 is 0 Å². The summed E-state index contributed by atoms with van der Waals surface area (Å²) in [5.74, 6) is 5.34. The van der Waals surface area contributed by atoms with Gasteiger partial charge in [-0.2, -0.15) is 0 Å². The molecule has 0 heteroatoms. The average Bonchev–Trinajstić information content (AvgIpc) is 2.73. The molecule has 0 amide bonds. The minimum atomic E-state index is 1.06. The van der Waals surface area contributed by atoms with Crippen molar-refractivity contribution in [3.8, 4) is 0 Å². The van der Waals surface area contributed by atoms with E-state index in [9.17, 15) is 0 Å². The van der Waals surface area contributed by atoms with Crippen molar-refractivity contribution in [3.05, 3.63) is 12.2 Å². The molecule has 0 aromatic carbocycles. The number of hydrogen-bond donors (Lipinski definition) is 0. The van der Waals surface area contributed by atoms with Crippen molar-refractivity contribution in [2.75, 3.05) is 0 Å². The van der Waals surface area contributed by atoms with E-state index in [2.05, 4.69) is 19.1 Å². The van der Waals surface area contributed by atoms with E-state index in [4.69, 9.17) is 0 Å². The third-order valence-electron chi connectivity index (χ3n) is 6.94. The molecule has 2 fully saturated rings. The predicted octanol–water partition coefficient (Wildman–Crippen LogP) is 6.76. The zero-order valence-electron chi connectivity index (χ0n) is 14.2. The van der Waals surface area contributed by atoms with Crippen molar-refractivity contribution < 1.29 is 0 Å². The van der Waals surface area contributed by atoms with Crippen LogP contribution in [0.2, 0.25) is 0 Å². The van der Waals surface area contributed by atoms with Gasteiger partial charge in [-0.1, -0.05) is 64.0 Å². The van der Waals surface area contributed by atoms with Crippen LogP contribution in [0.25, 0.3) is 0 Å². The Balaban J connectivity index is 1.79. The fourth-order valence-corrected chi connectivity index (χ4v) is 5.93. The van der Waals surface area contributed by atoms with Gasteiger partial charge in [0.2, 0.25) is 0 Å². The number of rotatable bonds is 2. The Kier molecular flexibility index (Phi) is 5.83. The van der Waals surface area contributed by atoms with Gasteiger partial charge in [0.1, 0.15) is 0 Å². The molecular weight excluding hydrogens is 252 g/mol. The van der Waals surface area contributed by atoms with Gasteiger partial charge in [0, 0.05) is 0 Å².